The molecule has 3 heterocycles. The molecule has 1 aromatic heterocycles. The monoisotopic (exact) mass is 527 g/mol. The van der Waals surface area contributed by atoms with Gasteiger partial charge in [-0.1, -0.05) is 24.3 Å². The summed E-state index contributed by atoms with van der Waals surface area (Å²) in [6, 6.07) is 13.9. The summed E-state index contributed by atoms with van der Waals surface area (Å²) in [4.78, 5) is 22.2. The summed E-state index contributed by atoms with van der Waals surface area (Å²) in [5.41, 5.74) is 7.51. The maximum Gasteiger partial charge on any atom is 0.278 e. The molecule has 0 spiro atoms. The molecule has 1 amide bonds. The normalized spacial score (nSPS) is 18.1. The number of fused-ring (bicyclic) bond motifs is 13. The second-order valence-corrected chi connectivity index (χ2v) is 9.42. The second-order valence-electron chi connectivity index (χ2n) is 7.94. The van der Waals surface area contributed by atoms with E-state index in [4.69, 9.17) is 19.9 Å². The zero-order valence-corrected chi connectivity index (χ0v) is 21.0. The van der Waals surface area contributed by atoms with Crippen LogP contribution in [0.2, 0.25) is 0 Å². The summed E-state index contributed by atoms with van der Waals surface area (Å²) in [7, 11) is -1.50. The number of nitrogens with two attached hydrogens (primary N) is 1. The van der Waals surface area contributed by atoms with Crippen molar-refractivity contribution in [1.82, 2.24) is 14.3 Å². The quantitative estimate of drug-likeness (QED) is 0.424. The van der Waals surface area contributed by atoms with Crippen molar-refractivity contribution >= 4 is 28.4 Å². The fourth-order valence-electron chi connectivity index (χ4n) is 3.56. The van der Waals surface area contributed by atoms with Crippen molar-refractivity contribution in [2.24, 2.45) is 0 Å². The molecule has 2 aliphatic rings. The van der Waals surface area contributed by atoms with E-state index in [1.54, 1.807) is 52.8 Å². The Kier molecular flexibility index (Phi) is 9.52. The van der Waals surface area contributed by atoms with Gasteiger partial charge in [-0.15, -0.1) is 0 Å². The molecule has 37 heavy (non-hydrogen) atoms. The third-order valence-corrected chi connectivity index (χ3v) is 6.94. The zero-order chi connectivity index (χ0) is 26.0. The number of nitrogens with zero attached hydrogens (tertiary/aromatic N) is 3. The molecule has 1 unspecified atom stereocenters. The number of carbonyl (C=O) groups excluding carboxylic acids is 1. The lowest BCUT2D eigenvalue weighted by Crippen LogP contribution is -2.32. The highest BCUT2D eigenvalue weighted by molar-refractivity contribution is 7.82. The molecule has 5 rings (SSSR count). The zero-order valence-electron chi connectivity index (χ0n) is 20.2. The van der Waals surface area contributed by atoms with Crippen LogP contribution in [0.15, 0.2) is 59.6 Å². The van der Waals surface area contributed by atoms with Crippen LogP contribution in [0.25, 0.3) is 11.3 Å². The van der Waals surface area contributed by atoms with E-state index in [0.29, 0.717) is 60.6 Å². The van der Waals surface area contributed by atoms with Crippen LogP contribution in [0, 0.1) is 0 Å². The molecule has 1 atom stereocenters. The summed E-state index contributed by atoms with van der Waals surface area (Å²) in [6.07, 6.45) is 1.48. The Morgan fingerprint density at radius 2 is 1.76 bits per heavy atom. The highest BCUT2D eigenvalue weighted by atomic mass is 32.2. The Bertz CT molecular complexity index is 1230. The van der Waals surface area contributed by atoms with Gasteiger partial charge in [0, 0.05) is 18.7 Å². The third kappa shape index (κ3) is 7.08. The first-order chi connectivity index (χ1) is 18.1. The van der Waals surface area contributed by atoms with Crippen LogP contribution in [0.3, 0.4) is 0 Å². The van der Waals surface area contributed by atoms with Crippen molar-refractivity contribution in [3.63, 3.8) is 0 Å². The van der Waals surface area contributed by atoms with Crippen LogP contribution in [0.4, 0.5) is 11.5 Å². The average Bonchev–Trinajstić information content (AvgIpc) is 2.92. The van der Waals surface area contributed by atoms with Crippen LogP contribution < -0.4 is 15.8 Å². The predicted octanol–water partition coefficient (Wildman–Crippen LogP) is 1.72. The lowest BCUT2D eigenvalue weighted by atomic mass is 10.1. The fourth-order valence-corrected chi connectivity index (χ4v) is 4.72. The van der Waals surface area contributed by atoms with Crippen molar-refractivity contribution in [2.75, 3.05) is 63.8 Å². The van der Waals surface area contributed by atoms with E-state index in [-0.39, 0.29) is 31.3 Å². The maximum absolute atomic E-state index is 13.1. The minimum atomic E-state index is -1.50. The lowest BCUT2D eigenvalue weighted by Gasteiger charge is -2.20. The number of aromatic nitrogens is 2. The molecule has 2 aliphatic heterocycles. The maximum atomic E-state index is 13.1. The minimum absolute atomic E-state index is 0.0119. The minimum Gasteiger partial charge on any atom is -0.489 e. The number of nitrogens with one attached hydrogen (secondary N) is 1. The molecule has 2 aromatic carbocycles. The highest BCUT2D eigenvalue weighted by Gasteiger charge is 2.18. The topological polar surface area (TPSA) is 149 Å². The number of carbonyl (C=O) groups is 1. The molecular weight excluding hydrogens is 498 g/mol. The van der Waals surface area contributed by atoms with E-state index in [9.17, 15) is 14.1 Å². The van der Waals surface area contributed by atoms with Gasteiger partial charge >= 0.3 is 0 Å². The molecular formula is C25H29N5O6S. The molecule has 11 nitrogen and oxygen atoms in total. The molecule has 0 fully saturated rings. The first-order valence-electron chi connectivity index (χ1n) is 11.8. The van der Waals surface area contributed by atoms with E-state index in [2.05, 4.69) is 15.3 Å². The second kappa shape index (κ2) is 13.2. The first kappa shape index (κ1) is 26.6. The highest BCUT2D eigenvalue weighted by Crippen LogP contribution is 2.26. The number of anilines is 2. The van der Waals surface area contributed by atoms with Crippen molar-refractivity contribution in [2.45, 2.75) is 4.90 Å². The number of aliphatic hydroxyl groups excluding tert-OH is 1. The number of nitrogen functional groups attached to an aromatic ring is 1. The summed E-state index contributed by atoms with van der Waals surface area (Å²) in [5, 5.41) is 12.2. The van der Waals surface area contributed by atoms with Gasteiger partial charge in [-0.2, -0.15) is 0 Å². The molecule has 4 N–H and O–H groups in total. The van der Waals surface area contributed by atoms with Crippen molar-refractivity contribution in [3.8, 4) is 17.0 Å². The third-order valence-electron chi connectivity index (χ3n) is 5.43. The van der Waals surface area contributed by atoms with Gasteiger partial charge < -0.3 is 30.4 Å². The van der Waals surface area contributed by atoms with Gasteiger partial charge in [0.25, 0.3) is 5.91 Å². The first-order valence-corrected chi connectivity index (χ1v) is 12.9. The summed E-state index contributed by atoms with van der Waals surface area (Å²) in [6.45, 7) is 2.11. The van der Waals surface area contributed by atoms with Crippen LogP contribution in [-0.4, -0.2) is 82.2 Å². The van der Waals surface area contributed by atoms with Gasteiger partial charge in [-0.3, -0.25) is 4.79 Å². The fraction of sp³-hybridized carbons (Fsp3) is 0.320. The Labute approximate surface area is 217 Å². The Balaban J connectivity index is 1.62. The Hall–Kier alpha value is -3.42. The van der Waals surface area contributed by atoms with Gasteiger partial charge in [-0.05, 0) is 24.3 Å². The predicted molar refractivity (Wildman–Crippen MR) is 138 cm³/mol. The standard InChI is InChI=1S/C25H29N5O6S/c26-24-23-25(32)29-20-3-1-2-4-22(20)36-16-15-35-14-13-34-12-10-30(9-11-31)37(33)19-7-5-18(6-8-19)21(28-23)17-27-24/h1-8,17,31H,9-16H2,(H2,26,27)(H,29,32). The molecule has 3 aromatic rings. The molecule has 0 saturated carbocycles. The van der Waals surface area contributed by atoms with Crippen molar-refractivity contribution < 1.29 is 28.3 Å². The van der Waals surface area contributed by atoms with Crippen LogP contribution in [0.1, 0.15) is 10.5 Å². The van der Waals surface area contributed by atoms with Crippen LogP contribution >= 0.6 is 0 Å². The number of hydrogen-bond donors (Lipinski definition) is 3. The molecule has 12 heteroatoms. The number of ether oxygens (including phenoxy) is 3. The number of benzene rings is 2. The molecule has 0 saturated heterocycles. The number of para-hydroxylation sites is 2. The van der Waals surface area contributed by atoms with Gasteiger partial charge in [0.15, 0.2) is 11.5 Å². The van der Waals surface area contributed by atoms with Crippen LogP contribution in [-0.2, 0) is 20.5 Å². The molecule has 4 bridgehead atoms. The van der Waals surface area contributed by atoms with E-state index >= 15 is 0 Å². The SMILES string of the molecule is Nc1ncc2nc1C(=O)Nc1ccccc1OCCOCCOCCN(CCO)S(=O)c1ccc-2cc1. The van der Waals surface area contributed by atoms with Gasteiger partial charge in [0.05, 0.1) is 55.5 Å². The smallest absolute Gasteiger partial charge is 0.278 e. The largest absolute Gasteiger partial charge is 0.489 e. The Morgan fingerprint density at radius 3 is 2.54 bits per heavy atom. The van der Waals surface area contributed by atoms with Crippen molar-refractivity contribution in [1.29, 1.82) is 0 Å². The molecule has 0 aliphatic carbocycles. The van der Waals surface area contributed by atoms with Crippen molar-refractivity contribution in [3.05, 3.63) is 60.4 Å². The number of aliphatic hydroxyl groups is 1. The van der Waals surface area contributed by atoms with Gasteiger partial charge in [0.1, 0.15) is 23.3 Å². The lowest BCUT2D eigenvalue weighted by molar-refractivity contribution is 0.0337. The molecule has 196 valence electrons. The number of amides is 1. The van der Waals surface area contributed by atoms with Gasteiger partial charge in [-0.25, -0.2) is 18.5 Å². The van der Waals surface area contributed by atoms with E-state index < -0.39 is 16.9 Å². The van der Waals surface area contributed by atoms with E-state index in [0.717, 1.165) is 0 Å². The summed E-state index contributed by atoms with van der Waals surface area (Å²) in [5.74, 6) is -0.0639. The molecule has 0 radical (unpaired) electrons. The van der Waals surface area contributed by atoms with Gasteiger partial charge in [0.2, 0.25) is 0 Å². The summed E-state index contributed by atoms with van der Waals surface area (Å²) >= 11 is 0. The van der Waals surface area contributed by atoms with E-state index in [1.807, 2.05) is 0 Å². The average molecular weight is 528 g/mol. The summed E-state index contributed by atoms with van der Waals surface area (Å²) < 4.78 is 31.7. The van der Waals surface area contributed by atoms with Crippen LogP contribution in [0.5, 0.6) is 5.75 Å². The van der Waals surface area contributed by atoms with E-state index in [1.165, 1.54) is 6.20 Å². The number of rotatable bonds is 2. The Morgan fingerprint density at radius 1 is 1.03 bits per heavy atom. The number of hydrogen-bond acceptors (Lipinski definition) is 9.